The Hall–Kier alpha value is -7.10. The summed E-state index contributed by atoms with van der Waals surface area (Å²) >= 11 is 0. The Morgan fingerprint density at radius 2 is 1.04 bits per heavy atom. The zero-order valence-electron chi connectivity index (χ0n) is 28.8. The Morgan fingerprint density at radius 1 is 0.396 bits per heavy atom. The zero-order valence-corrected chi connectivity index (χ0v) is 28.8. The van der Waals surface area contributed by atoms with Gasteiger partial charge in [0.05, 0.1) is 27.8 Å². The molecule has 0 saturated heterocycles. The van der Waals surface area contributed by atoms with Gasteiger partial charge < -0.3 is 13.9 Å². The second-order valence-corrected chi connectivity index (χ2v) is 13.7. The molecule has 11 rings (SSSR count). The molecule has 0 radical (unpaired) electrons. The molecule has 2 aromatic heterocycles. The first kappa shape index (κ1) is 29.6. The maximum absolute atomic E-state index is 6.66. The van der Waals surface area contributed by atoms with E-state index in [4.69, 9.17) is 4.42 Å². The fraction of sp³-hybridized carbons (Fsp3) is 0. The number of hydrogen-bond donors (Lipinski definition) is 0. The maximum Gasteiger partial charge on any atom is 0.145 e. The second kappa shape index (κ2) is 11.7. The molecule has 2 heterocycles. The number of anilines is 3. The molecule has 3 heteroatoms. The molecule has 9 aromatic carbocycles. The summed E-state index contributed by atoms with van der Waals surface area (Å²) in [4.78, 5) is 2.42. The Bertz CT molecular complexity index is 3160. The first-order chi connectivity index (χ1) is 26.3. The van der Waals surface area contributed by atoms with Crippen molar-refractivity contribution in [1.82, 2.24) is 4.57 Å². The van der Waals surface area contributed by atoms with E-state index in [2.05, 4.69) is 198 Å². The van der Waals surface area contributed by atoms with E-state index < -0.39 is 0 Å². The molecule has 0 N–H and O–H groups in total. The van der Waals surface area contributed by atoms with Gasteiger partial charge in [-0.05, 0) is 82.6 Å². The largest absolute Gasteiger partial charge is 0.455 e. The molecule has 0 spiro atoms. The summed E-state index contributed by atoms with van der Waals surface area (Å²) in [7, 11) is 0. The molecule has 0 unspecified atom stereocenters. The van der Waals surface area contributed by atoms with Crippen molar-refractivity contribution in [3.63, 3.8) is 0 Å². The van der Waals surface area contributed by atoms with Gasteiger partial charge in [-0.3, -0.25) is 0 Å². The van der Waals surface area contributed by atoms with Gasteiger partial charge in [0.1, 0.15) is 11.2 Å². The third kappa shape index (κ3) is 4.61. The highest BCUT2D eigenvalue weighted by molar-refractivity contribution is 6.22. The number of para-hydroxylation sites is 3. The van der Waals surface area contributed by atoms with Gasteiger partial charge in [0, 0.05) is 38.3 Å². The van der Waals surface area contributed by atoms with E-state index in [9.17, 15) is 0 Å². The Kier molecular flexibility index (Phi) is 6.55. The molecule has 3 nitrogen and oxygen atoms in total. The molecule has 0 aliphatic heterocycles. The van der Waals surface area contributed by atoms with E-state index in [0.717, 1.165) is 55.5 Å². The second-order valence-electron chi connectivity index (χ2n) is 13.7. The van der Waals surface area contributed by atoms with E-state index in [1.165, 1.54) is 43.7 Å². The van der Waals surface area contributed by atoms with Crippen molar-refractivity contribution in [2.75, 3.05) is 4.90 Å². The molecule has 0 aliphatic rings. The lowest BCUT2D eigenvalue weighted by Gasteiger charge is -2.28. The number of aromatic nitrogens is 1. The van der Waals surface area contributed by atoms with Gasteiger partial charge in [0.2, 0.25) is 0 Å². The molecular weight excluding hydrogens is 645 g/mol. The van der Waals surface area contributed by atoms with Crippen molar-refractivity contribution < 1.29 is 4.42 Å². The standard InChI is InChI=1S/C50H32N2O/c1-2-16-37(17-3-1)51-45-22-10-8-20-41(45)43-31-35(27-30-46(43)51)33-25-28-38(29-26-33)52(44-23-12-15-34-13-4-6-18-39(34)44)47-32-36-14-5-7-19-40(36)50-49(47)42-21-9-11-24-48(42)53-50/h1-32H. The van der Waals surface area contributed by atoms with Crippen LogP contribution in [-0.4, -0.2) is 4.57 Å². The molecule has 0 saturated carbocycles. The Balaban J connectivity index is 1.12. The number of furan rings is 1. The van der Waals surface area contributed by atoms with Crippen LogP contribution in [0.25, 0.3) is 82.1 Å². The van der Waals surface area contributed by atoms with Gasteiger partial charge in [-0.2, -0.15) is 0 Å². The summed E-state index contributed by atoms with van der Waals surface area (Å²) in [6.45, 7) is 0. The molecule has 0 atom stereocenters. The average Bonchev–Trinajstić information content (AvgIpc) is 3.78. The smallest absolute Gasteiger partial charge is 0.145 e. The number of fused-ring (bicyclic) bond motifs is 9. The number of nitrogens with zero attached hydrogens (tertiary/aromatic N) is 2. The lowest BCUT2D eigenvalue weighted by Crippen LogP contribution is -2.11. The van der Waals surface area contributed by atoms with E-state index in [1.807, 2.05) is 6.07 Å². The van der Waals surface area contributed by atoms with Gasteiger partial charge >= 0.3 is 0 Å². The first-order valence-corrected chi connectivity index (χ1v) is 18.1. The maximum atomic E-state index is 6.66. The highest BCUT2D eigenvalue weighted by Gasteiger charge is 2.23. The predicted molar refractivity (Wildman–Crippen MR) is 223 cm³/mol. The third-order valence-electron chi connectivity index (χ3n) is 10.7. The topological polar surface area (TPSA) is 21.3 Å². The zero-order chi connectivity index (χ0) is 34.9. The monoisotopic (exact) mass is 676 g/mol. The van der Waals surface area contributed by atoms with E-state index in [1.54, 1.807) is 0 Å². The molecule has 0 fully saturated rings. The van der Waals surface area contributed by atoms with Gasteiger partial charge in [0.25, 0.3) is 0 Å². The van der Waals surface area contributed by atoms with Crippen molar-refractivity contribution in [2.45, 2.75) is 0 Å². The summed E-state index contributed by atoms with van der Waals surface area (Å²) in [5.41, 5.74) is 11.0. The first-order valence-electron chi connectivity index (χ1n) is 18.1. The van der Waals surface area contributed by atoms with E-state index >= 15 is 0 Å². The molecule has 0 bridgehead atoms. The van der Waals surface area contributed by atoms with Crippen LogP contribution in [-0.2, 0) is 0 Å². The predicted octanol–water partition coefficient (Wildman–Crippen LogP) is 14.1. The highest BCUT2D eigenvalue weighted by atomic mass is 16.3. The molecule has 0 aliphatic carbocycles. The van der Waals surface area contributed by atoms with Gasteiger partial charge in [-0.1, -0.05) is 133 Å². The van der Waals surface area contributed by atoms with Gasteiger partial charge in [-0.15, -0.1) is 0 Å². The van der Waals surface area contributed by atoms with Crippen LogP contribution in [0.15, 0.2) is 199 Å². The van der Waals surface area contributed by atoms with E-state index in [-0.39, 0.29) is 0 Å². The lowest BCUT2D eigenvalue weighted by atomic mass is 9.99. The summed E-state index contributed by atoms with van der Waals surface area (Å²) < 4.78 is 9.02. The average molecular weight is 677 g/mol. The molecule has 0 amide bonds. The van der Waals surface area contributed by atoms with Crippen LogP contribution >= 0.6 is 0 Å². The summed E-state index contributed by atoms with van der Waals surface area (Å²) in [5.74, 6) is 0. The van der Waals surface area contributed by atoms with Crippen molar-refractivity contribution in [1.29, 1.82) is 0 Å². The quantitative estimate of drug-likeness (QED) is 0.181. The summed E-state index contributed by atoms with van der Waals surface area (Å²) in [5, 5.41) is 9.34. The van der Waals surface area contributed by atoms with Crippen molar-refractivity contribution >= 4 is 82.4 Å². The molecule has 248 valence electrons. The minimum Gasteiger partial charge on any atom is -0.455 e. The minimum atomic E-state index is 0.886. The highest BCUT2D eigenvalue weighted by Crippen LogP contribution is 2.47. The van der Waals surface area contributed by atoms with Crippen LogP contribution in [0, 0.1) is 0 Å². The fourth-order valence-electron chi connectivity index (χ4n) is 8.34. The van der Waals surface area contributed by atoms with E-state index in [0.29, 0.717) is 0 Å². The molecular formula is C50H32N2O. The van der Waals surface area contributed by atoms with Crippen LogP contribution < -0.4 is 4.90 Å². The fourth-order valence-corrected chi connectivity index (χ4v) is 8.34. The van der Waals surface area contributed by atoms with Crippen LogP contribution in [0.3, 0.4) is 0 Å². The van der Waals surface area contributed by atoms with Gasteiger partial charge in [0.15, 0.2) is 0 Å². The number of benzene rings is 9. The molecule has 11 aromatic rings. The Labute approximate surface area is 306 Å². The summed E-state index contributed by atoms with van der Waals surface area (Å²) in [6.07, 6.45) is 0. The van der Waals surface area contributed by atoms with Crippen molar-refractivity contribution in [3.8, 4) is 16.8 Å². The van der Waals surface area contributed by atoms with Crippen molar-refractivity contribution in [2.24, 2.45) is 0 Å². The third-order valence-corrected chi connectivity index (χ3v) is 10.7. The van der Waals surface area contributed by atoms with Crippen LogP contribution in [0.2, 0.25) is 0 Å². The summed E-state index contributed by atoms with van der Waals surface area (Å²) in [6, 6.07) is 69.7. The van der Waals surface area contributed by atoms with Crippen LogP contribution in [0.4, 0.5) is 17.1 Å². The van der Waals surface area contributed by atoms with Gasteiger partial charge in [-0.25, -0.2) is 0 Å². The number of hydrogen-bond acceptors (Lipinski definition) is 2. The van der Waals surface area contributed by atoms with Crippen LogP contribution in [0.1, 0.15) is 0 Å². The minimum absolute atomic E-state index is 0.886. The number of rotatable bonds is 5. The SMILES string of the molecule is c1ccc(-n2c3ccccc3c3cc(-c4ccc(N(c5cccc6ccccc56)c5cc6ccccc6c6oc7ccccc7c56)cc4)ccc32)cc1. The Morgan fingerprint density at radius 3 is 1.89 bits per heavy atom. The lowest BCUT2D eigenvalue weighted by molar-refractivity contribution is 0.672. The normalized spacial score (nSPS) is 11.8. The van der Waals surface area contributed by atoms with Crippen molar-refractivity contribution in [3.05, 3.63) is 194 Å². The molecule has 53 heavy (non-hydrogen) atoms. The van der Waals surface area contributed by atoms with Crippen LogP contribution in [0.5, 0.6) is 0 Å².